The maximum atomic E-state index is 12.2. The standard InChI is InChI=1S/C13H15N3O2/c1-9-7-11(17)3-4-12(9)13(18)16(2)8-10-5-6-14-15-10/h3-7,17H,8H2,1-2H3,(H,14,15). The number of nitrogens with zero attached hydrogens (tertiary/aromatic N) is 2. The summed E-state index contributed by atoms with van der Waals surface area (Å²) < 4.78 is 0. The van der Waals surface area contributed by atoms with Crippen molar-refractivity contribution in [2.24, 2.45) is 0 Å². The maximum absolute atomic E-state index is 12.2. The van der Waals surface area contributed by atoms with Gasteiger partial charge in [0, 0.05) is 18.8 Å². The number of benzene rings is 1. The number of aromatic nitrogens is 2. The third-order valence-electron chi connectivity index (χ3n) is 2.75. The van der Waals surface area contributed by atoms with Crippen LogP contribution < -0.4 is 0 Å². The Morgan fingerprint density at radius 1 is 1.44 bits per heavy atom. The Morgan fingerprint density at radius 3 is 2.83 bits per heavy atom. The lowest BCUT2D eigenvalue weighted by atomic mass is 10.1. The first-order valence-corrected chi connectivity index (χ1v) is 5.61. The molecule has 0 spiro atoms. The molecule has 1 heterocycles. The van der Waals surface area contributed by atoms with Crippen molar-refractivity contribution in [2.45, 2.75) is 13.5 Å². The third kappa shape index (κ3) is 2.51. The highest BCUT2D eigenvalue weighted by molar-refractivity contribution is 5.95. The highest BCUT2D eigenvalue weighted by Gasteiger charge is 2.14. The van der Waals surface area contributed by atoms with Crippen LogP contribution in [0.4, 0.5) is 0 Å². The van der Waals surface area contributed by atoms with Crippen LogP contribution in [0.5, 0.6) is 5.75 Å². The van der Waals surface area contributed by atoms with Crippen LogP contribution in [-0.2, 0) is 6.54 Å². The molecule has 1 aromatic heterocycles. The number of phenols is 1. The molecule has 5 nitrogen and oxygen atoms in total. The number of aryl methyl sites for hydroxylation is 1. The number of hydrogen-bond acceptors (Lipinski definition) is 3. The van der Waals surface area contributed by atoms with Gasteiger partial charge in [-0.25, -0.2) is 0 Å². The van der Waals surface area contributed by atoms with Crippen LogP contribution in [-0.4, -0.2) is 33.2 Å². The highest BCUT2D eigenvalue weighted by atomic mass is 16.3. The first-order chi connectivity index (χ1) is 8.58. The Bertz CT molecular complexity index is 549. The van der Waals surface area contributed by atoms with E-state index in [0.717, 1.165) is 11.3 Å². The quantitative estimate of drug-likeness (QED) is 0.864. The number of amides is 1. The predicted octanol–water partition coefficient (Wildman–Crippen LogP) is 1.70. The molecule has 0 aliphatic heterocycles. The number of rotatable bonds is 3. The SMILES string of the molecule is Cc1cc(O)ccc1C(=O)N(C)Cc1ccn[nH]1. The summed E-state index contributed by atoms with van der Waals surface area (Å²) in [5.74, 6) is 0.0855. The van der Waals surface area contributed by atoms with E-state index in [1.54, 1.807) is 37.2 Å². The van der Waals surface area contributed by atoms with Crippen molar-refractivity contribution in [1.29, 1.82) is 0 Å². The van der Waals surface area contributed by atoms with Gasteiger partial charge >= 0.3 is 0 Å². The van der Waals surface area contributed by atoms with E-state index in [1.807, 2.05) is 6.07 Å². The maximum Gasteiger partial charge on any atom is 0.254 e. The number of carbonyl (C=O) groups excluding carboxylic acids is 1. The van der Waals surface area contributed by atoms with Gasteiger partial charge in [-0.1, -0.05) is 0 Å². The average Bonchev–Trinajstić information content (AvgIpc) is 2.81. The largest absolute Gasteiger partial charge is 0.508 e. The van der Waals surface area contributed by atoms with Crippen LogP contribution in [0, 0.1) is 6.92 Å². The zero-order chi connectivity index (χ0) is 13.1. The molecule has 0 unspecified atom stereocenters. The minimum absolute atomic E-state index is 0.0814. The number of phenolic OH excluding ortho intramolecular Hbond substituents is 1. The number of hydrogen-bond donors (Lipinski definition) is 2. The first kappa shape index (κ1) is 12.2. The summed E-state index contributed by atoms with van der Waals surface area (Å²) in [6.07, 6.45) is 1.65. The molecule has 5 heteroatoms. The molecule has 0 aliphatic carbocycles. The van der Waals surface area contributed by atoms with Gasteiger partial charge in [0.15, 0.2) is 0 Å². The van der Waals surface area contributed by atoms with E-state index in [9.17, 15) is 9.90 Å². The molecule has 0 aliphatic rings. The number of aromatic amines is 1. The molecule has 2 N–H and O–H groups in total. The molecule has 0 bridgehead atoms. The second kappa shape index (κ2) is 4.91. The van der Waals surface area contributed by atoms with Crippen molar-refractivity contribution in [1.82, 2.24) is 15.1 Å². The van der Waals surface area contributed by atoms with Gasteiger partial charge in [-0.3, -0.25) is 9.89 Å². The Kier molecular flexibility index (Phi) is 3.32. The molecule has 1 amide bonds. The van der Waals surface area contributed by atoms with Gasteiger partial charge in [0.1, 0.15) is 5.75 Å². The van der Waals surface area contributed by atoms with Crippen LogP contribution in [0.2, 0.25) is 0 Å². The summed E-state index contributed by atoms with van der Waals surface area (Å²) in [6.45, 7) is 2.27. The molecule has 94 valence electrons. The normalized spacial score (nSPS) is 10.3. The van der Waals surface area contributed by atoms with Crippen LogP contribution in [0.25, 0.3) is 0 Å². The van der Waals surface area contributed by atoms with Gasteiger partial charge < -0.3 is 10.0 Å². The highest BCUT2D eigenvalue weighted by Crippen LogP contribution is 2.17. The Morgan fingerprint density at radius 2 is 2.22 bits per heavy atom. The number of carbonyl (C=O) groups is 1. The minimum Gasteiger partial charge on any atom is -0.508 e. The zero-order valence-corrected chi connectivity index (χ0v) is 10.3. The van der Waals surface area contributed by atoms with Gasteiger partial charge in [-0.2, -0.15) is 5.10 Å². The molecule has 2 rings (SSSR count). The van der Waals surface area contributed by atoms with Crippen molar-refractivity contribution in [3.8, 4) is 5.75 Å². The fraction of sp³-hybridized carbons (Fsp3) is 0.231. The van der Waals surface area contributed by atoms with Crippen molar-refractivity contribution in [3.05, 3.63) is 47.3 Å². The van der Waals surface area contributed by atoms with Crippen molar-refractivity contribution < 1.29 is 9.90 Å². The lowest BCUT2D eigenvalue weighted by Gasteiger charge is -2.17. The summed E-state index contributed by atoms with van der Waals surface area (Å²) in [5, 5.41) is 16.0. The van der Waals surface area contributed by atoms with Gasteiger partial charge in [0.05, 0.1) is 12.2 Å². The van der Waals surface area contributed by atoms with Crippen molar-refractivity contribution in [2.75, 3.05) is 7.05 Å². The number of nitrogens with one attached hydrogen (secondary N) is 1. The molecule has 2 aromatic rings. The molecular weight excluding hydrogens is 230 g/mol. The molecule has 1 aromatic carbocycles. The Labute approximate surface area is 105 Å². The molecule has 0 saturated carbocycles. The van der Waals surface area contributed by atoms with Gasteiger partial charge in [-0.15, -0.1) is 0 Å². The average molecular weight is 245 g/mol. The fourth-order valence-corrected chi connectivity index (χ4v) is 1.79. The van der Waals surface area contributed by atoms with Crippen LogP contribution in [0.15, 0.2) is 30.5 Å². The van der Waals surface area contributed by atoms with Gasteiger partial charge in [0.25, 0.3) is 5.91 Å². The third-order valence-corrected chi connectivity index (χ3v) is 2.75. The van der Waals surface area contributed by atoms with E-state index < -0.39 is 0 Å². The predicted molar refractivity (Wildman–Crippen MR) is 67.2 cm³/mol. The van der Waals surface area contributed by atoms with E-state index in [2.05, 4.69) is 10.2 Å². The number of H-pyrrole nitrogens is 1. The summed E-state index contributed by atoms with van der Waals surface area (Å²) in [4.78, 5) is 13.8. The van der Waals surface area contributed by atoms with E-state index in [4.69, 9.17) is 0 Å². The Hall–Kier alpha value is -2.30. The van der Waals surface area contributed by atoms with E-state index in [-0.39, 0.29) is 11.7 Å². The molecule has 0 radical (unpaired) electrons. The summed E-state index contributed by atoms with van der Waals surface area (Å²) in [5.41, 5.74) is 2.23. The van der Waals surface area contributed by atoms with E-state index in [1.165, 1.54) is 6.07 Å². The van der Waals surface area contributed by atoms with Gasteiger partial charge in [0.2, 0.25) is 0 Å². The van der Waals surface area contributed by atoms with Crippen molar-refractivity contribution in [3.63, 3.8) is 0 Å². The van der Waals surface area contributed by atoms with E-state index >= 15 is 0 Å². The van der Waals surface area contributed by atoms with Gasteiger partial charge in [-0.05, 0) is 36.8 Å². The topological polar surface area (TPSA) is 69.2 Å². The Balaban J connectivity index is 2.15. The van der Waals surface area contributed by atoms with E-state index in [0.29, 0.717) is 12.1 Å². The first-order valence-electron chi connectivity index (χ1n) is 5.61. The molecular formula is C13H15N3O2. The summed E-state index contributed by atoms with van der Waals surface area (Å²) >= 11 is 0. The summed E-state index contributed by atoms with van der Waals surface area (Å²) in [6, 6.07) is 6.56. The molecule has 0 saturated heterocycles. The van der Waals surface area contributed by atoms with Crippen LogP contribution >= 0.6 is 0 Å². The number of aromatic hydroxyl groups is 1. The lowest BCUT2D eigenvalue weighted by Crippen LogP contribution is -2.27. The summed E-state index contributed by atoms with van der Waals surface area (Å²) in [7, 11) is 1.73. The lowest BCUT2D eigenvalue weighted by molar-refractivity contribution is 0.0782. The monoisotopic (exact) mass is 245 g/mol. The molecule has 18 heavy (non-hydrogen) atoms. The zero-order valence-electron chi connectivity index (χ0n) is 10.3. The molecule has 0 fully saturated rings. The minimum atomic E-state index is -0.0814. The van der Waals surface area contributed by atoms with Crippen LogP contribution in [0.3, 0.4) is 0 Å². The second-order valence-corrected chi connectivity index (χ2v) is 4.24. The van der Waals surface area contributed by atoms with Crippen molar-refractivity contribution >= 4 is 5.91 Å². The van der Waals surface area contributed by atoms with Crippen LogP contribution in [0.1, 0.15) is 21.6 Å². The smallest absolute Gasteiger partial charge is 0.254 e. The molecule has 0 atom stereocenters. The fourth-order valence-electron chi connectivity index (χ4n) is 1.79. The second-order valence-electron chi connectivity index (χ2n) is 4.24.